The number of hydrogen-bond acceptors (Lipinski definition) is 3. The molecule has 7 heteroatoms. The molecule has 0 saturated carbocycles. The Morgan fingerprint density at radius 2 is 2.04 bits per heavy atom. The van der Waals surface area contributed by atoms with Crippen LogP contribution in [0.25, 0.3) is 0 Å². The Morgan fingerprint density at radius 1 is 1.30 bits per heavy atom. The second-order valence-corrected chi connectivity index (χ2v) is 7.28. The Hall–Kier alpha value is -2.70. The first-order chi connectivity index (χ1) is 12.9. The summed E-state index contributed by atoms with van der Waals surface area (Å²) in [6.45, 7) is 5.66. The van der Waals surface area contributed by atoms with E-state index in [1.807, 2.05) is 4.90 Å². The van der Waals surface area contributed by atoms with Gasteiger partial charge in [0.2, 0.25) is 11.8 Å². The van der Waals surface area contributed by atoms with E-state index >= 15 is 0 Å². The molecule has 3 rings (SSSR count). The van der Waals surface area contributed by atoms with Crippen LogP contribution in [-0.2, 0) is 22.7 Å². The van der Waals surface area contributed by atoms with Gasteiger partial charge >= 0.3 is 0 Å². The molecule has 6 nitrogen and oxygen atoms in total. The van der Waals surface area contributed by atoms with Gasteiger partial charge in [-0.1, -0.05) is 26.0 Å². The van der Waals surface area contributed by atoms with Crippen molar-refractivity contribution in [3.8, 4) is 0 Å². The van der Waals surface area contributed by atoms with E-state index in [0.717, 1.165) is 5.56 Å². The van der Waals surface area contributed by atoms with Gasteiger partial charge < -0.3 is 14.4 Å². The van der Waals surface area contributed by atoms with Gasteiger partial charge in [0.25, 0.3) is 0 Å². The molecule has 1 aliphatic rings. The van der Waals surface area contributed by atoms with Crippen molar-refractivity contribution in [1.82, 2.24) is 19.4 Å². The lowest BCUT2D eigenvalue weighted by molar-refractivity contribution is -0.134. The second-order valence-electron chi connectivity index (χ2n) is 7.28. The number of imidazole rings is 1. The van der Waals surface area contributed by atoms with Crippen LogP contribution in [0, 0.1) is 11.7 Å². The molecule has 2 aromatic rings. The average Bonchev–Trinajstić information content (AvgIpc) is 3.08. The van der Waals surface area contributed by atoms with Gasteiger partial charge in [-0.05, 0) is 23.6 Å². The molecule has 1 atom stereocenters. The van der Waals surface area contributed by atoms with Crippen molar-refractivity contribution < 1.29 is 14.0 Å². The van der Waals surface area contributed by atoms with Gasteiger partial charge in [0.15, 0.2) is 0 Å². The predicted molar refractivity (Wildman–Crippen MR) is 99.0 cm³/mol. The van der Waals surface area contributed by atoms with E-state index in [2.05, 4.69) is 18.8 Å². The molecule has 0 spiro atoms. The van der Waals surface area contributed by atoms with Crippen LogP contribution in [0.2, 0.25) is 0 Å². The second kappa shape index (κ2) is 8.33. The van der Waals surface area contributed by atoms with Gasteiger partial charge in [0, 0.05) is 38.4 Å². The molecule has 0 bridgehead atoms. The fourth-order valence-corrected chi connectivity index (χ4v) is 3.40. The number of benzene rings is 1. The largest absolute Gasteiger partial charge is 0.339 e. The van der Waals surface area contributed by atoms with E-state index in [1.54, 1.807) is 40.3 Å². The van der Waals surface area contributed by atoms with E-state index < -0.39 is 0 Å². The normalized spacial score (nSPS) is 18.1. The van der Waals surface area contributed by atoms with Crippen LogP contribution in [0.3, 0.4) is 0 Å². The van der Waals surface area contributed by atoms with E-state index in [0.29, 0.717) is 26.1 Å². The van der Waals surface area contributed by atoms with Gasteiger partial charge in [0.1, 0.15) is 12.4 Å². The Balaban J connectivity index is 1.75. The monoisotopic (exact) mass is 372 g/mol. The lowest BCUT2D eigenvalue weighted by Gasteiger charge is -2.34. The third kappa shape index (κ3) is 4.72. The van der Waals surface area contributed by atoms with Crippen LogP contribution in [0.5, 0.6) is 0 Å². The molecule has 0 unspecified atom stereocenters. The topological polar surface area (TPSA) is 58.4 Å². The summed E-state index contributed by atoms with van der Waals surface area (Å²) in [5.74, 6) is -0.0975. The first-order valence-electron chi connectivity index (χ1n) is 9.21. The Labute approximate surface area is 158 Å². The van der Waals surface area contributed by atoms with Crippen LogP contribution >= 0.6 is 0 Å². The average molecular weight is 372 g/mol. The number of carbonyl (C=O) groups is 2. The molecule has 1 aromatic heterocycles. The maximum Gasteiger partial charge on any atom is 0.242 e. The summed E-state index contributed by atoms with van der Waals surface area (Å²) in [6.07, 6.45) is 5.30. The number of amides is 2. The van der Waals surface area contributed by atoms with Crippen molar-refractivity contribution in [3.63, 3.8) is 0 Å². The highest BCUT2D eigenvalue weighted by molar-refractivity contribution is 5.80. The van der Waals surface area contributed by atoms with Crippen molar-refractivity contribution in [1.29, 1.82) is 0 Å². The van der Waals surface area contributed by atoms with E-state index in [1.165, 1.54) is 12.1 Å². The maximum absolute atomic E-state index is 13.2. The zero-order chi connectivity index (χ0) is 19.4. The van der Waals surface area contributed by atoms with E-state index in [4.69, 9.17) is 0 Å². The van der Waals surface area contributed by atoms with Crippen LogP contribution in [-0.4, -0.2) is 50.3 Å². The molecule has 1 aromatic carbocycles. The minimum Gasteiger partial charge on any atom is -0.339 e. The number of nitrogens with zero attached hydrogens (tertiary/aromatic N) is 4. The first kappa shape index (κ1) is 19.1. The number of hydrogen-bond donors (Lipinski definition) is 0. The van der Waals surface area contributed by atoms with Crippen molar-refractivity contribution in [2.75, 3.05) is 13.1 Å². The van der Waals surface area contributed by atoms with Crippen LogP contribution < -0.4 is 0 Å². The predicted octanol–water partition coefficient (Wildman–Crippen LogP) is 2.31. The molecule has 1 fully saturated rings. The third-order valence-electron chi connectivity index (χ3n) is 4.99. The molecule has 1 aliphatic heterocycles. The maximum atomic E-state index is 13.2. The van der Waals surface area contributed by atoms with Crippen molar-refractivity contribution in [2.45, 2.75) is 39.4 Å². The van der Waals surface area contributed by atoms with Gasteiger partial charge in [-0.25, -0.2) is 9.37 Å². The zero-order valence-corrected chi connectivity index (χ0v) is 15.7. The number of rotatable bonds is 5. The van der Waals surface area contributed by atoms with Crippen molar-refractivity contribution in [2.24, 2.45) is 5.92 Å². The molecule has 1 saturated heterocycles. The molecule has 0 N–H and O–H groups in total. The SMILES string of the molecule is CC(C)[C@@H]1CN(C(=O)Cn2ccnc2)CCC(=O)N1Cc1ccc(F)cc1. The Kier molecular flexibility index (Phi) is 5.88. The zero-order valence-electron chi connectivity index (χ0n) is 15.7. The van der Waals surface area contributed by atoms with Crippen LogP contribution in [0.1, 0.15) is 25.8 Å². The Morgan fingerprint density at radius 3 is 2.67 bits per heavy atom. The van der Waals surface area contributed by atoms with Crippen molar-refractivity contribution >= 4 is 11.8 Å². The molecule has 144 valence electrons. The quantitative estimate of drug-likeness (QED) is 0.809. The van der Waals surface area contributed by atoms with E-state index in [9.17, 15) is 14.0 Å². The summed E-state index contributed by atoms with van der Waals surface area (Å²) in [4.78, 5) is 33.1. The smallest absolute Gasteiger partial charge is 0.242 e. The van der Waals surface area contributed by atoms with Gasteiger partial charge in [-0.2, -0.15) is 0 Å². The fourth-order valence-electron chi connectivity index (χ4n) is 3.40. The van der Waals surface area contributed by atoms with Crippen molar-refractivity contribution in [3.05, 3.63) is 54.4 Å². The highest BCUT2D eigenvalue weighted by atomic mass is 19.1. The summed E-state index contributed by atoms with van der Waals surface area (Å²) in [5.41, 5.74) is 0.883. The van der Waals surface area contributed by atoms with E-state index in [-0.39, 0.29) is 36.1 Å². The third-order valence-corrected chi connectivity index (χ3v) is 4.99. The minimum atomic E-state index is -0.294. The lowest BCUT2D eigenvalue weighted by atomic mass is 10.0. The van der Waals surface area contributed by atoms with Gasteiger partial charge in [-0.3, -0.25) is 9.59 Å². The standard InChI is InChI=1S/C20H25FN4O2/c1-15(2)18-12-24(20(27)13-23-10-8-22-14-23)9-7-19(26)25(18)11-16-3-5-17(21)6-4-16/h3-6,8,10,14-15,18H,7,9,11-13H2,1-2H3/t18-/m0/s1. The van der Waals surface area contributed by atoms with Crippen LogP contribution in [0.15, 0.2) is 43.0 Å². The molecule has 27 heavy (non-hydrogen) atoms. The summed E-state index contributed by atoms with van der Waals surface area (Å²) < 4.78 is 14.9. The molecular weight excluding hydrogens is 347 g/mol. The summed E-state index contributed by atoms with van der Waals surface area (Å²) in [7, 11) is 0. The molecule has 2 heterocycles. The fraction of sp³-hybridized carbons (Fsp3) is 0.450. The summed E-state index contributed by atoms with van der Waals surface area (Å²) >= 11 is 0. The summed E-state index contributed by atoms with van der Waals surface area (Å²) in [6, 6.07) is 6.13. The molecular formula is C20H25FN4O2. The highest BCUT2D eigenvalue weighted by Crippen LogP contribution is 2.21. The highest BCUT2D eigenvalue weighted by Gasteiger charge is 2.33. The van der Waals surface area contributed by atoms with Gasteiger partial charge in [-0.15, -0.1) is 0 Å². The lowest BCUT2D eigenvalue weighted by Crippen LogP contribution is -2.47. The molecule has 0 radical (unpaired) electrons. The number of aromatic nitrogens is 2. The Bertz CT molecular complexity index is 774. The van der Waals surface area contributed by atoms with Gasteiger partial charge in [0.05, 0.1) is 12.4 Å². The minimum absolute atomic E-state index is 0.0184. The molecule has 0 aliphatic carbocycles. The number of carbonyl (C=O) groups excluding carboxylic acids is 2. The first-order valence-corrected chi connectivity index (χ1v) is 9.21. The molecule has 2 amide bonds. The number of halogens is 1. The summed E-state index contributed by atoms with van der Waals surface area (Å²) in [5, 5.41) is 0. The van der Waals surface area contributed by atoms with Crippen LogP contribution in [0.4, 0.5) is 4.39 Å².